The highest BCUT2D eigenvalue weighted by Gasteiger charge is 2.24. The summed E-state index contributed by atoms with van der Waals surface area (Å²) in [7, 11) is -2.06. The number of Topliss-reactive ketones (excluding diaryl/α,β-unsaturated/α-hetero) is 1. The van der Waals surface area contributed by atoms with Crippen molar-refractivity contribution in [2.75, 3.05) is 26.0 Å². The predicted octanol–water partition coefficient (Wildman–Crippen LogP) is 6.71. The van der Waals surface area contributed by atoms with Crippen LogP contribution in [0.5, 0.6) is 5.75 Å². The summed E-state index contributed by atoms with van der Waals surface area (Å²) in [5.74, 6) is 0.766. The first-order chi connectivity index (χ1) is 19.9. The molecule has 9 heteroatoms. The van der Waals surface area contributed by atoms with Crippen molar-refractivity contribution in [1.82, 2.24) is 13.9 Å². The number of ether oxygens (including phenoxy) is 1. The van der Waals surface area contributed by atoms with Crippen molar-refractivity contribution >= 4 is 38.6 Å². The highest BCUT2D eigenvalue weighted by Crippen LogP contribution is 2.34. The lowest BCUT2D eigenvalue weighted by Crippen LogP contribution is -2.30. The molecule has 5 aromatic rings. The summed E-state index contributed by atoms with van der Waals surface area (Å²) in [4.78, 5) is 18.2. The summed E-state index contributed by atoms with van der Waals surface area (Å²) < 4.78 is 35.4. The summed E-state index contributed by atoms with van der Waals surface area (Å²) in [6.45, 7) is 4.39. The molecule has 0 bridgehead atoms. The molecule has 0 saturated carbocycles. The van der Waals surface area contributed by atoms with Crippen LogP contribution in [0.1, 0.15) is 24.2 Å². The molecule has 0 unspecified atom stereocenters. The number of para-hydroxylation sites is 2. The maximum atomic E-state index is 13.2. The molecule has 0 fully saturated rings. The zero-order chi connectivity index (χ0) is 29.0. The van der Waals surface area contributed by atoms with E-state index in [0.717, 1.165) is 22.3 Å². The van der Waals surface area contributed by atoms with Crippen LogP contribution < -0.4 is 4.74 Å². The van der Waals surface area contributed by atoms with Gasteiger partial charge in [0.2, 0.25) is 10.0 Å². The van der Waals surface area contributed by atoms with Gasteiger partial charge in [-0.05, 0) is 41.5 Å². The molecule has 0 radical (unpaired) electrons. The lowest BCUT2D eigenvalue weighted by Gasteiger charge is -2.18. The van der Waals surface area contributed by atoms with Crippen LogP contribution in [0.4, 0.5) is 0 Å². The second-order valence-electron chi connectivity index (χ2n) is 9.30. The quantitative estimate of drug-likeness (QED) is 0.127. The minimum Gasteiger partial charge on any atom is -0.495 e. The van der Waals surface area contributed by atoms with E-state index in [1.54, 1.807) is 25.3 Å². The van der Waals surface area contributed by atoms with Gasteiger partial charge < -0.3 is 4.74 Å². The summed E-state index contributed by atoms with van der Waals surface area (Å²) in [6, 6.07) is 30.1. The van der Waals surface area contributed by atoms with Gasteiger partial charge in [-0.25, -0.2) is 13.4 Å². The number of ketones is 1. The van der Waals surface area contributed by atoms with E-state index in [1.165, 1.54) is 16.1 Å². The number of carbonyl (C=O) groups is 1. The van der Waals surface area contributed by atoms with Crippen LogP contribution in [0, 0.1) is 0 Å². The van der Waals surface area contributed by atoms with Crippen LogP contribution >= 0.6 is 11.8 Å². The lowest BCUT2D eigenvalue weighted by atomic mass is 10.0. The monoisotopic (exact) mass is 585 g/mol. The van der Waals surface area contributed by atoms with E-state index < -0.39 is 10.0 Å². The molecule has 1 aromatic heterocycles. The fourth-order valence-electron chi connectivity index (χ4n) is 4.75. The van der Waals surface area contributed by atoms with Gasteiger partial charge >= 0.3 is 0 Å². The standard InChI is InChI=1S/C32H31N3O4S2/c1-4-34(5-2)41(37,38)26-19-20-28-27(21-26)33-32(35(28)29-13-9-10-14-31(29)39-3)40-22-30(36)25-17-15-24(16-18-25)23-11-7-6-8-12-23/h6-21H,4-5,22H2,1-3H3. The molecule has 0 spiro atoms. The van der Waals surface area contributed by atoms with Gasteiger partial charge in [-0.2, -0.15) is 4.31 Å². The van der Waals surface area contributed by atoms with Gasteiger partial charge in [-0.1, -0.05) is 92.3 Å². The Hall–Kier alpha value is -3.92. The predicted molar refractivity (Wildman–Crippen MR) is 165 cm³/mol. The zero-order valence-corrected chi connectivity index (χ0v) is 24.8. The van der Waals surface area contributed by atoms with E-state index in [1.807, 2.05) is 97.3 Å². The van der Waals surface area contributed by atoms with Crippen LogP contribution in [0.25, 0.3) is 27.8 Å². The van der Waals surface area contributed by atoms with Gasteiger partial charge in [-0.3, -0.25) is 9.36 Å². The Balaban J connectivity index is 1.49. The van der Waals surface area contributed by atoms with Crippen molar-refractivity contribution in [2.24, 2.45) is 0 Å². The molecule has 0 aliphatic carbocycles. The molecule has 0 amide bonds. The lowest BCUT2D eigenvalue weighted by molar-refractivity contribution is 0.102. The molecule has 41 heavy (non-hydrogen) atoms. The number of methoxy groups -OCH3 is 1. The highest BCUT2D eigenvalue weighted by atomic mass is 32.2. The number of nitrogens with zero attached hydrogens (tertiary/aromatic N) is 3. The van der Waals surface area contributed by atoms with Gasteiger partial charge in [0.1, 0.15) is 5.75 Å². The number of imidazole rings is 1. The molecule has 210 valence electrons. The molecule has 5 rings (SSSR count). The summed E-state index contributed by atoms with van der Waals surface area (Å²) in [5.41, 5.74) is 4.74. The molecule has 1 heterocycles. The number of fused-ring (bicyclic) bond motifs is 1. The first kappa shape index (κ1) is 28.6. The summed E-state index contributed by atoms with van der Waals surface area (Å²) in [6.07, 6.45) is 0. The maximum Gasteiger partial charge on any atom is 0.243 e. The minimum absolute atomic E-state index is 0.0296. The van der Waals surface area contributed by atoms with E-state index in [0.29, 0.717) is 35.1 Å². The van der Waals surface area contributed by atoms with Gasteiger partial charge in [0.15, 0.2) is 10.9 Å². The molecule has 7 nitrogen and oxygen atoms in total. The van der Waals surface area contributed by atoms with Crippen LogP contribution in [-0.2, 0) is 10.0 Å². The van der Waals surface area contributed by atoms with Crippen molar-refractivity contribution in [3.8, 4) is 22.6 Å². The van der Waals surface area contributed by atoms with Crippen molar-refractivity contribution in [3.63, 3.8) is 0 Å². The van der Waals surface area contributed by atoms with Crippen LogP contribution in [0.2, 0.25) is 0 Å². The average Bonchev–Trinajstić information content (AvgIpc) is 3.38. The number of benzene rings is 4. The first-order valence-corrected chi connectivity index (χ1v) is 15.8. The van der Waals surface area contributed by atoms with Crippen molar-refractivity contribution in [2.45, 2.75) is 23.9 Å². The van der Waals surface area contributed by atoms with Gasteiger partial charge in [0.25, 0.3) is 0 Å². The average molecular weight is 586 g/mol. The van der Waals surface area contributed by atoms with E-state index in [2.05, 4.69) is 0 Å². The van der Waals surface area contributed by atoms with Gasteiger partial charge in [0, 0.05) is 18.7 Å². The van der Waals surface area contributed by atoms with Crippen LogP contribution in [-0.4, -0.2) is 54.0 Å². The number of hydrogen-bond donors (Lipinski definition) is 0. The molecule has 0 saturated heterocycles. The Bertz CT molecular complexity index is 1780. The van der Waals surface area contributed by atoms with E-state index >= 15 is 0 Å². The summed E-state index contributed by atoms with van der Waals surface area (Å²) in [5, 5.41) is 0.566. The van der Waals surface area contributed by atoms with Crippen LogP contribution in [0.15, 0.2) is 107 Å². The number of carbonyl (C=O) groups excluding carboxylic acids is 1. The Morgan fingerprint density at radius 3 is 2.22 bits per heavy atom. The van der Waals surface area contributed by atoms with Gasteiger partial charge in [0.05, 0.1) is 34.5 Å². The summed E-state index contributed by atoms with van der Waals surface area (Å²) >= 11 is 1.31. The third-order valence-electron chi connectivity index (χ3n) is 6.91. The topological polar surface area (TPSA) is 81.5 Å². The number of aromatic nitrogens is 2. The first-order valence-electron chi connectivity index (χ1n) is 13.3. The van der Waals surface area contributed by atoms with Gasteiger partial charge in [-0.15, -0.1) is 0 Å². The van der Waals surface area contributed by atoms with E-state index in [-0.39, 0.29) is 16.4 Å². The Morgan fingerprint density at radius 2 is 1.54 bits per heavy atom. The second kappa shape index (κ2) is 12.3. The molecular formula is C32H31N3O4S2. The largest absolute Gasteiger partial charge is 0.495 e. The maximum absolute atomic E-state index is 13.2. The molecule has 0 atom stereocenters. The third kappa shape index (κ3) is 5.79. The normalized spacial score (nSPS) is 11.7. The van der Waals surface area contributed by atoms with E-state index in [9.17, 15) is 13.2 Å². The number of thioether (sulfide) groups is 1. The Labute approximate surface area is 244 Å². The van der Waals surface area contributed by atoms with Crippen molar-refractivity contribution in [1.29, 1.82) is 0 Å². The number of hydrogen-bond acceptors (Lipinski definition) is 6. The van der Waals surface area contributed by atoms with Crippen molar-refractivity contribution < 1.29 is 17.9 Å². The zero-order valence-electron chi connectivity index (χ0n) is 23.2. The fraction of sp³-hybridized carbons (Fsp3) is 0.188. The number of rotatable bonds is 11. The Kier molecular flexibility index (Phi) is 8.58. The molecule has 0 aliphatic heterocycles. The minimum atomic E-state index is -3.66. The molecule has 4 aromatic carbocycles. The number of sulfonamides is 1. The molecular weight excluding hydrogens is 555 g/mol. The molecule has 0 N–H and O–H groups in total. The second-order valence-corrected chi connectivity index (χ2v) is 12.2. The Morgan fingerprint density at radius 1 is 0.878 bits per heavy atom. The third-order valence-corrected chi connectivity index (χ3v) is 9.90. The van der Waals surface area contributed by atoms with Crippen LogP contribution in [0.3, 0.4) is 0 Å². The van der Waals surface area contributed by atoms with Crippen molar-refractivity contribution in [3.05, 3.63) is 103 Å². The highest BCUT2D eigenvalue weighted by molar-refractivity contribution is 7.99. The molecule has 0 aliphatic rings. The fourth-order valence-corrected chi connectivity index (χ4v) is 7.14. The van der Waals surface area contributed by atoms with E-state index in [4.69, 9.17) is 9.72 Å². The SMILES string of the molecule is CCN(CC)S(=O)(=O)c1ccc2c(c1)nc(SCC(=O)c1ccc(-c3ccccc3)cc1)n2-c1ccccc1OC. The smallest absolute Gasteiger partial charge is 0.243 e.